The average Bonchev–Trinajstić information content (AvgIpc) is 2.05. The lowest BCUT2D eigenvalue weighted by molar-refractivity contribution is 0.00315. The Balaban J connectivity index is 2.29. The van der Waals surface area contributed by atoms with E-state index in [4.69, 9.17) is 0 Å². The summed E-state index contributed by atoms with van der Waals surface area (Å²) in [5.41, 5.74) is 0. The van der Waals surface area contributed by atoms with E-state index in [1.807, 2.05) is 14.1 Å². The van der Waals surface area contributed by atoms with E-state index >= 15 is 0 Å². The van der Waals surface area contributed by atoms with Crippen molar-refractivity contribution in [3.8, 4) is 0 Å². The summed E-state index contributed by atoms with van der Waals surface area (Å²) in [6, 6.07) is 0.0613. The van der Waals surface area contributed by atoms with E-state index in [2.05, 4.69) is 15.2 Å². The van der Waals surface area contributed by atoms with Crippen LogP contribution in [0.5, 0.6) is 0 Å². The third kappa shape index (κ3) is 2.24. The Labute approximate surface area is 67.1 Å². The van der Waals surface area contributed by atoms with Crippen LogP contribution in [0.15, 0.2) is 5.18 Å². The summed E-state index contributed by atoms with van der Waals surface area (Å²) in [6.07, 6.45) is 1.81. The highest BCUT2D eigenvalue weighted by Gasteiger charge is 2.19. The van der Waals surface area contributed by atoms with E-state index < -0.39 is 0 Å². The summed E-state index contributed by atoms with van der Waals surface area (Å²) in [5.74, 6) is 0. The first kappa shape index (κ1) is 8.62. The molecule has 0 aromatic heterocycles. The standard InChI is InChI=1S/C7H15N3O/c1-9(2)10-5-3-7(8-11)4-6-10/h7H,3-6H2,1-2H3. The molecule has 11 heavy (non-hydrogen) atoms. The number of piperidine rings is 1. The van der Waals surface area contributed by atoms with Crippen LogP contribution in [-0.4, -0.2) is 43.2 Å². The van der Waals surface area contributed by atoms with Gasteiger partial charge in [0.05, 0.1) is 6.04 Å². The molecule has 1 aliphatic heterocycles. The first-order valence-corrected chi connectivity index (χ1v) is 3.98. The molecule has 0 bridgehead atoms. The van der Waals surface area contributed by atoms with Gasteiger partial charge in [-0.25, -0.2) is 10.0 Å². The van der Waals surface area contributed by atoms with Gasteiger partial charge < -0.3 is 0 Å². The van der Waals surface area contributed by atoms with Gasteiger partial charge in [0.25, 0.3) is 0 Å². The Kier molecular flexibility index (Phi) is 2.96. The highest BCUT2D eigenvalue weighted by Crippen LogP contribution is 2.13. The minimum absolute atomic E-state index is 0.0613. The molecule has 1 fully saturated rings. The molecular weight excluding hydrogens is 142 g/mol. The van der Waals surface area contributed by atoms with Crippen LogP contribution in [0.3, 0.4) is 0 Å². The Morgan fingerprint density at radius 3 is 2.27 bits per heavy atom. The number of hydrazine groups is 1. The van der Waals surface area contributed by atoms with Crippen molar-refractivity contribution in [2.75, 3.05) is 27.2 Å². The number of nitroso groups, excluding NO2 is 1. The van der Waals surface area contributed by atoms with Crippen molar-refractivity contribution in [3.63, 3.8) is 0 Å². The molecule has 0 unspecified atom stereocenters. The fourth-order valence-electron chi connectivity index (χ4n) is 1.36. The van der Waals surface area contributed by atoms with Crippen LogP contribution in [0, 0.1) is 4.91 Å². The SMILES string of the molecule is CN(C)N1CCC(N=O)CC1. The molecule has 0 N–H and O–H groups in total. The predicted molar refractivity (Wildman–Crippen MR) is 44.1 cm³/mol. The topological polar surface area (TPSA) is 35.9 Å². The molecular formula is C7H15N3O. The number of hydrogen-bond donors (Lipinski definition) is 0. The maximum Gasteiger partial charge on any atom is 0.0945 e. The highest BCUT2D eigenvalue weighted by molar-refractivity contribution is 4.74. The zero-order valence-corrected chi connectivity index (χ0v) is 7.16. The van der Waals surface area contributed by atoms with Gasteiger partial charge in [0.15, 0.2) is 0 Å². The van der Waals surface area contributed by atoms with Gasteiger partial charge in [-0.2, -0.15) is 4.91 Å². The van der Waals surface area contributed by atoms with Crippen LogP contribution in [0.4, 0.5) is 0 Å². The normalized spacial score (nSPS) is 22.5. The minimum atomic E-state index is 0.0613. The smallest absolute Gasteiger partial charge is 0.0945 e. The molecule has 1 rings (SSSR count). The molecule has 0 saturated carbocycles. The lowest BCUT2D eigenvalue weighted by atomic mass is 10.1. The molecule has 0 aliphatic carbocycles. The van der Waals surface area contributed by atoms with Crippen molar-refractivity contribution in [1.82, 2.24) is 10.0 Å². The molecule has 0 atom stereocenters. The first-order valence-electron chi connectivity index (χ1n) is 3.98. The van der Waals surface area contributed by atoms with Crippen LogP contribution in [0.1, 0.15) is 12.8 Å². The molecule has 0 aromatic rings. The zero-order valence-electron chi connectivity index (χ0n) is 7.16. The fraction of sp³-hybridized carbons (Fsp3) is 1.00. The molecule has 4 heteroatoms. The quantitative estimate of drug-likeness (QED) is 0.553. The second kappa shape index (κ2) is 3.78. The van der Waals surface area contributed by atoms with E-state index in [0.29, 0.717) is 0 Å². The van der Waals surface area contributed by atoms with E-state index in [1.165, 1.54) is 0 Å². The molecule has 0 aromatic carbocycles. The first-order chi connectivity index (χ1) is 5.24. The molecule has 0 spiro atoms. The summed E-state index contributed by atoms with van der Waals surface area (Å²) < 4.78 is 0. The number of rotatable bonds is 2. The lowest BCUT2D eigenvalue weighted by Crippen LogP contribution is -2.43. The summed E-state index contributed by atoms with van der Waals surface area (Å²) in [6.45, 7) is 1.92. The molecule has 0 radical (unpaired) electrons. The predicted octanol–water partition coefficient (Wildman–Crippen LogP) is 0.694. The summed E-state index contributed by atoms with van der Waals surface area (Å²) in [4.78, 5) is 10.2. The van der Waals surface area contributed by atoms with Crippen molar-refractivity contribution < 1.29 is 0 Å². The van der Waals surface area contributed by atoms with Crippen LogP contribution < -0.4 is 0 Å². The Morgan fingerprint density at radius 2 is 1.91 bits per heavy atom. The Hall–Kier alpha value is -0.480. The molecule has 0 amide bonds. The van der Waals surface area contributed by atoms with Crippen molar-refractivity contribution in [2.24, 2.45) is 5.18 Å². The summed E-state index contributed by atoms with van der Waals surface area (Å²) in [7, 11) is 4.04. The van der Waals surface area contributed by atoms with E-state index in [-0.39, 0.29) is 6.04 Å². The van der Waals surface area contributed by atoms with E-state index in [0.717, 1.165) is 25.9 Å². The number of hydrogen-bond acceptors (Lipinski definition) is 4. The third-order valence-corrected chi connectivity index (χ3v) is 2.16. The van der Waals surface area contributed by atoms with Gasteiger partial charge in [-0.3, -0.25) is 0 Å². The van der Waals surface area contributed by atoms with E-state index in [9.17, 15) is 4.91 Å². The van der Waals surface area contributed by atoms with Gasteiger partial charge >= 0.3 is 0 Å². The maximum atomic E-state index is 10.2. The Bertz CT molecular complexity index is 130. The number of nitrogens with zero attached hydrogens (tertiary/aromatic N) is 3. The van der Waals surface area contributed by atoms with Crippen molar-refractivity contribution >= 4 is 0 Å². The van der Waals surface area contributed by atoms with Gasteiger partial charge in [0.2, 0.25) is 0 Å². The second-order valence-corrected chi connectivity index (χ2v) is 3.14. The van der Waals surface area contributed by atoms with Crippen LogP contribution in [0.2, 0.25) is 0 Å². The lowest BCUT2D eigenvalue weighted by Gasteiger charge is -2.33. The zero-order chi connectivity index (χ0) is 8.27. The Morgan fingerprint density at radius 1 is 1.36 bits per heavy atom. The van der Waals surface area contributed by atoms with Gasteiger partial charge in [0.1, 0.15) is 0 Å². The largest absolute Gasteiger partial charge is 0.248 e. The van der Waals surface area contributed by atoms with Crippen molar-refractivity contribution in [1.29, 1.82) is 0 Å². The summed E-state index contributed by atoms with van der Waals surface area (Å²) >= 11 is 0. The molecule has 64 valence electrons. The van der Waals surface area contributed by atoms with Gasteiger partial charge in [0, 0.05) is 27.2 Å². The average molecular weight is 157 g/mol. The van der Waals surface area contributed by atoms with Gasteiger partial charge in [-0.1, -0.05) is 5.18 Å². The van der Waals surface area contributed by atoms with Crippen LogP contribution >= 0.6 is 0 Å². The van der Waals surface area contributed by atoms with Crippen molar-refractivity contribution in [2.45, 2.75) is 18.9 Å². The van der Waals surface area contributed by atoms with E-state index in [1.54, 1.807) is 0 Å². The maximum absolute atomic E-state index is 10.2. The third-order valence-electron chi connectivity index (χ3n) is 2.16. The van der Waals surface area contributed by atoms with Gasteiger partial charge in [-0.15, -0.1) is 0 Å². The fourth-order valence-corrected chi connectivity index (χ4v) is 1.36. The summed E-state index contributed by atoms with van der Waals surface area (Å²) in [5, 5.41) is 7.34. The molecule has 4 nitrogen and oxygen atoms in total. The molecule has 1 aliphatic rings. The molecule has 1 heterocycles. The van der Waals surface area contributed by atoms with Crippen molar-refractivity contribution in [3.05, 3.63) is 4.91 Å². The molecule has 1 saturated heterocycles. The van der Waals surface area contributed by atoms with Crippen LogP contribution in [0.25, 0.3) is 0 Å². The van der Waals surface area contributed by atoms with Crippen LogP contribution in [-0.2, 0) is 0 Å². The minimum Gasteiger partial charge on any atom is -0.248 e. The second-order valence-electron chi connectivity index (χ2n) is 3.14. The monoisotopic (exact) mass is 157 g/mol. The van der Waals surface area contributed by atoms with Gasteiger partial charge in [-0.05, 0) is 12.8 Å². The highest BCUT2D eigenvalue weighted by atomic mass is 16.3.